The second-order valence-corrected chi connectivity index (χ2v) is 4.54. The molecule has 0 atom stereocenters. The van der Waals surface area contributed by atoms with Crippen LogP contribution in [0.4, 0.5) is 0 Å². The molecule has 0 saturated heterocycles. The maximum absolute atomic E-state index is 6.14. The van der Waals surface area contributed by atoms with E-state index < -0.39 is 0 Å². The molecule has 0 bridgehead atoms. The van der Waals surface area contributed by atoms with Crippen molar-refractivity contribution in [3.8, 4) is 0 Å². The van der Waals surface area contributed by atoms with Crippen LogP contribution in [0.1, 0.15) is 17.0 Å². The quantitative estimate of drug-likeness (QED) is 0.796. The van der Waals surface area contributed by atoms with Crippen LogP contribution in [0.3, 0.4) is 0 Å². The van der Waals surface area contributed by atoms with E-state index in [4.69, 9.17) is 23.2 Å². The Labute approximate surface area is 105 Å². The van der Waals surface area contributed by atoms with Crippen LogP contribution >= 0.6 is 23.2 Å². The number of imidazole rings is 1. The minimum Gasteiger partial charge on any atom is -0.330 e. The van der Waals surface area contributed by atoms with Crippen LogP contribution in [-0.4, -0.2) is 9.55 Å². The SMILES string of the molecule is Cc1ncn(Cc2cccc(Cl)c2Cl)c1C. The van der Waals surface area contributed by atoms with Crippen molar-refractivity contribution in [1.29, 1.82) is 0 Å². The topological polar surface area (TPSA) is 17.8 Å². The first-order valence-electron chi connectivity index (χ1n) is 5.01. The van der Waals surface area contributed by atoms with Crippen LogP contribution in [0.15, 0.2) is 24.5 Å². The summed E-state index contributed by atoms with van der Waals surface area (Å²) in [5.74, 6) is 0. The van der Waals surface area contributed by atoms with E-state index in [0.717, 1.165) is 17.0 Å². The number of hydrogen-bond acceptors (Lipinski definition) is 1. The molecular weight excluding hydrogens is 243 g/mol. The molecule has 2 rings (SSSR count). The third-order valence-corrected chi connectivity index (χ3v) is 3.58. The molecule has 16 heavy (non-hydrogen) atoms. The van der Waals surface area contributed by atoms with Crippen molar-refractivity contribution in [2.45, 2.75) is 20.4 Å². The minimum atomic E-state index is 0.591. The van der Waals surface area contributed by atoms with Crippen molar-refractivity contribution < 1.29 is 0 Å². The lowest BCUT2D eigenvalue weighted by Gasteiger charge is -2.08. The standard InChI is InChI=1S/C12H12Cl2N2/c1-8-9(2)16(7-15-8)6-10-4-3-5-11(13)12(10)14/h3-5,7H,6H2,1-2H3. The maximum atomic E-state index is 6.14. The average molecular weight is 255 g/mol. The predicted molar refractivity (Wildman–Crippen MR) is 67.3 cm³/mol. The van der Waals surface area contributed by atoms with Crippen molar-refractivity contribution in [2.24, 2.45) is 0 Å². The van der Waals surface area contributed by atoms with Crippen molar-refractivity contribution in [1.82, 2.24) is 9.55 Å². The van der Waals surface area contributed by atoms with Crippen LogP contribution in [0, 0.1) is 13.8 Å². The number of nitrogens with zero attached hydrogens (tertiary/aromatic N) is 2. The smallest absolute Gasteiger partial charge is 0.0954 e. The van der Waals surface area contributed by atoms with Gasteiger partial charge < -0.3 is 4.57 Å². The third kappa shape index (κ3) is 2.08. The van der Waals surface area contributed by atoms with Crippen molar-refractivity contribution in [3.05, 3.63) is 51.5 Å². The van der Waals surface area contributed by atoms with E-state index in [1.807, 2.05) is 32.3 Å². The van der Waals surface area contributed by atoms with Gasteiger partial charge in [0.25, 0.3) is 0 Å². The Balaban J connectivity index is 2.34. The van der Waals surface area contributed by atoms with Crippen molar-refractivity contribution in [2.75, 3.05) is 0 Å². The molecule has 0 fully saturated rings. The van der Waals surface area contributed by atoms with Gasteiger partial charge in [-0.1, -0.05) is 35.3 Å². The van der Waals surface area contributed by atoms with Gasteiger partial charge in [0.05, 0.1) is 28.6 Å². The van der Waals surface area contributed by atoms with Crippen LogP contribution in [0.25, 0.3) is 0 Å². The first kappa shape index (κ1) is 11.5. The van der Waals surface area contributed by atoms with E-state index in [-0.39, 0.29) is 0 Å². The molecule has 1 aromatic heterocycles. The summed E-state index contributed by atoms with van der Waals surface area (Å²) in [7, 11) is 0. The largest absolute Gasteiger partial charge is 0.330 e. The van der Waals surface area contributed by atoms with Crippen LogP contribution in [0.2, 0.25) is 10.0 Å². The van der Waals surface area contributed by atoms with Crippen LogP contribution in [-0.2, 0) is 6.54 Å². The molecule has 2 aromatic rings. The fourth-order valence-corrected chi connectivity index (χ4v) is 1.94. The van der Waals surface area contributed by atoms with E-state index in [1.165, 1.54) is 0 Å². The molecule has 0 radical (unpaired) electrons. The monoisotopic (exact) mass is 254 g/mol. The van der Waals surface area contributed by atoms with Gasteiger partial charge in [0.1, 0.15) is 0 Å². The minimum absolute atomic E-state index is 0.591. The molecular formula is C12H12Cl2N2. The molecule has 0 N–H and O–H groups in total. The Hall–Kier alpha value is -0.990. The van der Waals surface area contributed by atoms with Gasteiger partial charge in [0.2, 0.25) is 0 Å². The first-order chi connectivity index (χ1) is 7.59. The molecule has 0 aliphatic carbocycles. The number of hydrogen-bond donors (Lipinski definition) is 0. The second-order valence-electron chi connectivity index (χ2n) is 3.76. The molecule has 0 unspecified atom stereocenters. The zero-order chi connectivity index (χ0) is 11.7. The van der Waals surface area contributed by atoms with E-state index >= 15 is 0 Å². The Bertz CT molecular complexity index is 518. The lowest BCUT2D eigenvalue weighted by Crippen LogP contribution is -2.01. The molecule has 0 amide bonds. The van der Waals surface area contributed by atoms with Gasteiger partial charge in [-0.3, -0.25) is 0 Å². The van der Waals surface area contributed by atoms with Gasteiger partial charge in [-0.05, 0) is 25.5 Å². The Morgan fingerprint density at radius 2 is 2.00 bits per heavy atom. The maximum Gasteiger partial charge on any atom is 0.0954 e. The first-order valence-corrected chi connectivity index (χ1v) is 5.76. The lowest BCUT2D eigenvalue weighted by atomic mass is 10.2. The predicted octanol–water partition coefficient (Wildman–Crippen LogP) is 3.86. The van der Waals surface area contributed by atoms with Gasteiger partial charge >= 0.3 is 0 Å². The average Bonchev–Trinajstić information content (AvgIpc) is 2.57. The van der Waals surface area contributed by atoms with Gasteiger partial charge in [-0.25, -0.2) is 4.98 Å². The van der Waals surface area contributed by atoms with Gasteiger partial charge in [-0.15, -0.1) is 0 Å². The molecule has 0 saturated carbocycles. The molecule has 84 valence electrons. The number of benzene rings is 1. The molecule has 2 nitrogen and oxygen atoms in total. The van der Waals surface area contributed by atoms with E-state index in [9.17, 15) is 0 Å². The summed E-state index contributed by atoms with van der Waals surface area (Å²) in [5.41, 5.74) is 3.20. The van der Waals surface area contributed by atoms with Crippen LogP contribution in [0.5, 0.6) is 0 Å². The highest BCUT2D eigenvalue weighted by molar-refractivity contribution is 6.42. The van der Waals surface area contributed by atoms with Crippen LogP contribution < -0.4 is 0 Å². The summed E-state index contributed by atoms with van der Waals surface area (Å²) in [4.78, 5) is 4.25. The van der Waals surface area contributed by atoms with E-state index in [1.54, 1.807) is 6.07 Å². The Morgan fingerprint density at radius 1 is 1.25 bits per heavy atom. The molecule has 0 aliphatic rings. The number of aromatic nitrogens is 2. The summed E-state index contributed by atoms with van der Waals surface area (Å²) >= 11 is 12.1. The highest BCUT2D eigenvalue weighted by Gasteiger charge is 2.07. The van der Waals surface area contributed by atoms with Gasteiger partial charge in [0.15, 0.2) is 0 Å². The highest BCUT2D eigenvalue weighted by Crippen LogP contribution is 2.26. The summed E-state index contributed by atoms with van der Waals surface area (Å²) < 4.78 is 2.06. The highest BCUT2D eigenvalue weighted by atomic mass is 35.5. The van der Waals surface area contributed by atoms with Crippen molar-refractivity contribution in [3.63, 3.8) is 0 Å². The molecule has 1 heterocycles. The summed E-state index contributed by atoms with van der Waals surface area (Å²) in [6, 6.07) is 5.67. The number of halogens is 2. The van der Waals surface area contributed by atoms with Crippen molar-refractivity contribution >= 4 is 23.2 Å². The Kier molecular flexibility index (Phi) is 3.22. The normalized spacial score (nSPS) is 10.8. The van der Waals surface area contributed by atoms with E-state index in [2.05, 4.69) is 9.55 Å². The number of aryl methyl sites for hydroxylation is 1. The zero-order valence-electron chi connectivity index (χ0n) is 9.17. The molecule has 0 aliphatic heterocycles. The van der Waals surface area contributed by atoms with Gasteiger partial charge in [-0.2, -0.15) is 0 Å². The van der Waals surface area contributed by atoms with E-state index in [0.29, 0.717) is 16.6 Å². The molecule has 1 aromatic carbocycles. The second kappa shape index (κ2) is 4.48. The third-order valence-electron chi connectivity index (χ3n) is 2.72. The molecule has 4 heteroatoms. The van der Waals surface area contributed by atoms with Gasteiger partial charge in [0, 0.05) is 5.69 Å². The summed E-state index contributed by atoms with van der Waals surface area (Å²) in [6.45, 7) is 4.73. The fourth-order valence-electron chi connectivity index (χ4n) is 1.56. The summed E-state index contributed by atoms with van der Waals surface area (Å²) in [6.07, 6.45) is 1.82. The summed E-state index contributed by atoms with van der Waals surface area (Å²) in [5, 5.41) is 1.21. The molecule has 0 spiro atoms. The Morgan fingerprint density at radius 3 is 2.62 bits per heavy atom. The zero-order valence-corrected chi connectivity index (χ0v) is 10.7. The lowest BCUT2D eigenvalue weighted by molar-refractivity contribution is 0.769. The number of rotatable bonds is 2. The fraction of sp³-hybridized carbons (Fsp3) is 0.250.